The van der Waals surface area contributed by atoms with Crippen molar-refractivity contribution in [1.82, 2.24) is 4.98 Å². The van der Waals surface area contributed by atoms with Crippen molar-refractivity contribution in [3.8, 4) is 11.5 Å². The second kappa shape index (κ2) is 6.56. The summed E-state index contributed by atoms with van der Waals surface area (Å²) in [7, 11) is 0. The summed E-state index contributed by atoms with van der Waals surface area (Å²) in [6, 6.07) is 17.7. The van der Waals surface area contributed by atoms with Crippen LogP contribution in [0.15, 0.2) is 60.8 Å². The highest BCUT2D eigenvalue weighted by Gasteiger charge is 2.27. The van der Waals surface area contributed by atoms with Gasteiger partial charge in [-0.05, 0) is 55.3 Å². The minimum absolute atomic E-state index is 0.184. The van der Waals surface area contributed by atoms with Crippen LogP contribution in [0, 0.1) is 0 Å². The third kappa shape index (κ3) is 2.83. The Morgan fingerprint density at radius 2 is 1.96 bits per heavy atom. The topological polar surface area (TPSA) is 63.7 Å². The van der Waals surface area contributed by atoms with Crippen molar-refractivity contribution in [3.63, 3.8) is 0 Å². The van der Waals surface area contributed by atoms with Gasteiger partial charge in [0.25, 0.3) is 5.91 Å². The molecule has 140 valence electrons. The quantitative estimate of drug-likeness (QED) is 0.747. The maximum Gasteiger partial charge on any atom is 0.255 e. The number of pyridine rings is 1. The number of nitrogens with one attached hydrogen (secondary N) is 1. The zero-order chi connectivity index (χ0) is 19.1. The zero-order valence-electron chi connectivity index (χ0n) is 15.4. The first-order valence-corrected chi connectivity index (χ1v) is 9.23. The van der Waals surface area contributed by atoms with E-state index in [0.29, 0.717) is 28.8 Å². The summed E-state index contributed by atoms with van der Waals surface area (Å²) in [6.45, 7) is 2.38. The summed E-state index contributed by atoms with van der Waals surface area (Å²) < 4.78 is 10.6. The molecule has 0 saturated heterocycles. The first kappa shape index (κ1) is 16.6. The SMILES string of the molecule is CC1Cc2ccccc2N1c1ccc(NC(=O)c2ccc3c(c2)OCO3)cn1. The molecule has 2 aliphatic rings. The second-order valence-corrected chi connectivity index (χ2v) is 6.98. The molecule has 0 saturated carbocycles. The van der Waals surface area contributed by atoms with Gasteiger partial charge in [-0.3, -0.25) is 4.79 Å². The summed E-state index contributed by atoms with van der Waals surface area (Å²) in [4.78, 5) is 19.3. The van der Waals surface area contributed by atoms with Crippen LogP contribution in [-0.4, -0.2) is 23.7 Å². The Morgan fingerprint density at radius 1 is 1.11 bits per heavy atom. The van der Waals surface area contributed by atoms with Crippen LogP contribution in [0.2, 0.25) is 0 Å². The summed E-state index contributed by atoms with van der Waals surface area (Å²) in [5.74, 6) is 1.90. The van der Waals surface area contributed by atoms with Crippen LogP contribution < -0.4 is 19.7 Å². The normalized spacial score (nSPS) is 16.8. The van der Waals surface area contributed by atoms with Crippen LogP contribution in [0.4, 0.5) is 17.2 Å². The van der Waals surface area contributed by atoms with E-state index in [0.717, 1.165) is 12.2 Å². The predicted octanol–water partition coefficient (Wildman–Crippen LogP) is 4.15. The van der Waals surface area contributed by atoms with E-state index in [1.165, 1.54) is 11.3 Å². The van der Waals surface area contributed by atoms with Gasteiger partial charge in [0.15, 0.2) is 11.5 Å². The van der Waals surface area contributed by atoms with E-state index in [9.17, 15) is 4.79 Å². The molecule has 0 aliphatic carbocycles. The third-order valence-corrected chi connectivity index (χ3v) is 5.09. The molecule has 5 rings (SSSR count). The Morgan fingerprint density at radius 3 is 2.82 bits per heavy atom. The highest BCUT2D eigenvalue weighted by molar-refractivity contribution is 6.04. The number of hydrogen-bond acceptors (Lipinski definition) is 5. The third-order valence-electron chi connectivity index (χ3n) is 5.09. The summed E-state index contributed by atoms with van der Waals surface area (Å²) in [6.07, 6.45) is 2.69. The Hall–Kier alpha value is -3.54. The maximum atomic E-state index is 12.5. The largest absolute Gasteiger partial charge is 0.454 e. The van der Waals surface area contributed by atoms with Crippen LogP contribution >= 0.6 is 0 Å². The molecule has 1 amide bonds. The number of rotatable bonds is 3. The van der Waals surface area contributed by atoms with Gasteiger partial charge in [0.2, 0.25) is 6.79 Å². The molecule has 1 N–H and O–H groups in total. The number of nitrogens with zero attached hydrogens (tertiary/aromatic N) is 2. The molecule has 0 radical (unpaired) electrons. The lowest BCUT2D eigenvalue weighted by molar-refractivity contribution is 0.102. The van der Waals surface area contributed by atoms with E-state index >= 15 is 0 Å². The van der Waals surface area contributed by atoms with Crippen molar-refractivity contribution in [2.75, 3.05) is 17.0 Å². The van der Waals surface area contributed by atoms with Crippen molar-refractivity contribution in [3.05, 3.63) is 71.9 Å². The van der Waals surface area contributed by atoms with Crippen LogP contribution in [-0.2, 0) is 6.42 Å². The molecule has 6 heteroatoms. The van der Waals surface area contributed by atoms with Crippen molar-refractivity contribution >= 4 is 23.1 Å². The molecule has 2 aromatic carbocycles. The fourth-order valence-electron chi connectivity index (χ4n) is 3.76. The second-order valence-electron chi connectivity index (χ2n) is 6.98. The van der Waals surface area contributed by atoms with Gasteiger partial charge in [0, 0.05) is 17.3 Å². The van der Waals surface area contributed by atoms with Gasteiger partial charge >= 0.3 is 0 Å². The molecule has 3 aromatic rings. The molecule has 1 aromatic heterocycles. The number of hydrogen-bond donors (Lipinski definition) is 1. The monoisotopic (exact) mass is 373 g/mol. The lowest BCUT2D eigenvalue weighted by Gasteiger charge is -2.24. The summed E-state index contributed by atoms with van der Waals surface area (Å²) in [5.41, 5.74) is 3.68. The highest BCUT2D eigenvalue weighted by atomic mass is 16.7. The van der Waals surface area contributed by atoms with Gasteiger partial charge in [0.05, 0.1) is 11.9 Å². The fourth-order valence-corrected chi connectivity index (χ4v) is 3.76. The molecule has 1 unspecified atom stereocenters. The van der Waals surface area contributed by atoms with E-state index in [4.69, 9.17) is 9.47 Å². The van der Waals surface area contributed by atoms with Crippen molar-refractivity contribution in [1.29, 1.82) is 0 Å². The fraction of sp³-hybridized carbons (Fsp3) is 0.182. The van der Waals surface area contributed by atoms with E-state index in [1.54, 1.807) is 24.4 Å². The number of aromatic nitrogens is 1. The van der Waals surface area contributed by atoms with Crippen LogP contribution in [0.1, 0.15) is 22.8 Å². The van der Waals surface area contributed by atoms with Crippen LogP contribution in [0.5, 0.6) is 11.5 Å². The smallest absolute Gasteiger partial charge is 0.255 e. The zero-order valence-corrected chi connectivity index (χ0v) is 15.4. The van der Waals surface area contributed by atoms with Gasteiger partial charge in [0.1, 0.15) is 5.82 Å². The number of benzene rings is 2. The minimum Gasteiger partial charge on any atom is -0.454 e. The Kier molecular flexibility index (Phi) is 3.90. The first-order chi connectivity index (χ1) is 13.7. The number of carbonyl (C=O) groups is 1. The molecular formula is C22H19N3O3. The highest BCUT2D eigenvalue weighted by Crippen LogP contribution is 2.37. The number of para-hydroxylation sites is 1. The first-order valence-electron chi connectivity index (χ1n) is 9.23. The number of amides is 1. The predicted molar refractivity (Wildman–Crippen MR) is 107 cm³/mol. The average molecular weight is 373 g/mol. The Labute approximate surface area is 162 Å². The standard InChI is InChI=1S/C22H19N3O3/c1-14-10-15-4-2-3-5-18(15)25(14)21-9-7-17(12-23-21)24-22(26)16-6-8-19-20(11-16)28-13-27-19/h2-9,11-12,14H,10,13H2,1H3,(H,24,26). The summed E-state index contributed by atoms with van der Waals surface area (Å²) in [5, 5.41) is 2.88. The van der Waals surface area contributed by atoms with E-state index in [1.807, 2.05) is 18.2 Å². The molecular weight excluding hydrogens is 354 g/mol. The van der Waals surface area contributed by atoms with E-state index in [-0.39, 0.29) is 12.7 Å². The Bertz CT molecular complexity index is 1050. The lowest BCUT2D eigenvalue weighted by atomic mass is 10.1. The van der Waals surface area contributed by atoms with Crippen LogP contribution in [0.3, 0.4) is 0 Å². The van der Waals surface area contributed by atoms with Crippen molar-refractivity contribution in [2.45, 2.75) is 19.4 Å². The average Bonchev–Trinajstić information content (AvgIpc) is 3.31. The Balaban J connectivity index is 1.34. The van der Waals surface area contributed by atoms with Gasteiger partial charge in [-0.1, -0.05) is 18.2 Å². The lowest BCUT2D eigenvalue weighted by Crippen LogP contribution is -2.24. The van der Waals surface area contributed by atoms with E-state index in [2.05, 4.69) is 40.3 Å². The van der Waals surface area contributed by atoms with Gasteiger partial charge < -0.3 is 19.7 Å². The molecule has 0 fully saturated rings. The molecule has 0 spiro atoms. The van der Waals surface area contributed by atoms with Gasteiger partial charge in [-0.2, -0.15) is 0 Å². The molecule has 28 heavy (non-hydrogen) atoms. The number of ether oxygens (including phenoxy) is 2. The van der Waals surface area contributed by atoms with E-state index < -0.39 is 0 Å². The van der Waals surface area contributed by atoms with Crippen molar-refractivity contribution < 1.29 is 14.3 Å². The van der Waals surface area contributed by atoms with Gasteiger partial charge in [-0.25, -0.2) is 4.98 Å². The molecule has 1 atom stereocenters. The van der Waals surface area contributed by atoms with Crippen molar-refractivity contribution in [2.24, 2.45) is 0 Å². The minimum atomic E-state index is -0.215. The number of anilines is 3. The number of fused-ring (bicyclic) bond motifs is 2. The van der Waals surface area contributed by atoms with Gasteiger partial charge in [-0.15, -0.1) is 0 Å². The summed E-state index contributed by atoms with van der Waals surface area (Å²) >= 11 is 0. The van der Waals surface area contributed by atoms with Crippen LogP contribution in [0.25, 0.3) is 0 Å². The molecule has 2 aliphatic heterocycles. The molecule has 0 bridgehead atoms. The molecule has 6 nitrogen and oxygen atoms in total. The molecule has 3 heterocycles. The number of carbonyl (C=O) groups excluding carboxylic acids is 1. The maximum absolute atomic E-state index is 12.5.